The molecule has 4 rings (SSSR count). The molecule has 134 valence electrons. The molecule has 1 fully saturated rings. The lowest BCUT2D eigenvalue weighted by Gasteiger charge is -2.08. The van der Waals surface area contributed by atoms with E-state index >= 15 is 0 Å². The number of hydrogen-bond donors (Lipinski definition) is 1. The quantitative estimate of drug-likeness (QED) is 0.398. The van der Waals surface area contributed by atoms with Crippen LogP contribution in [-0.4, -0.2) is 33.1 Å². The van der Waals surface area contributed by atoms with Gasteiger partial charge in [-0.05, 0) is 44.9 Å². The summed E-state index contributed by atoms with van der Waals surface area (Å²) in [5.41, 5.74) is 3.98. The number of para-hydroxylation sites is 1. The number of aromatic nitrogens is 3. The van der Waals surface area contributed by atoms with Crippen LogP contribution in [0.1, 0.15) is 40.6 Å². The fourth-order valence-corrected chi connectivity index (χ4v) is 4.21. The van der Waals surface area contributed by atoms with Crippen LogP contribution < -0.4 is 5.32 Å². The Bertz CT molecular complexity index is 991. The minimum atomic E-state index is 0.137. The molecule has 0 spiro atoms. The Balaban J connectivity index is 1.55. The van der Waals surface area contributed by atoms with E-state index < -0.39 is 0 Å². The molecule has 0 aliphatic heterocycles. The molecule has 1 aliphatic carbocycles. The largest absolute Gasteiger partial charge is 0.372 e. The van der Waals surface area contributed by atoms with Gasteiger partial charge in [-0.2, -0.15) is 0 Å². The maximum absolute atomic E-state index is 12.8. The van der Waals surface area contributed by atoms with Crippen molar-refractivity contribution in [1.82, 2.24) is 14.5 Å². The molecule has 5 nitrogen and oxygen atoms in total. The summed E-state index contributed by atoms with van der Waals surface area (Å²) < 4.78 is 2.31. The lowest BCUT2D eigenvalue weighted by molar-refractivity contribution is 0.102. The van der Waals surface area contributed by atoms with Crippen LogP contribution in [0.3, 0.4) is 0 Å². The highest BCUT2D eigenvalue weighted by Gasteiger charge is 2.28. The van der Waals surface area contributed by atoms with E-state index in [0.29, 0.717) is 17.0 Å². The maximum atomic E-state index is 12.8. The monoisotopic (exact) mass is 366 g/mol. The van der Waals surface area contributed by atoms with Gasteiger partial charge in [0.2, 0.25) is 0 Å². The Labute approximate surface area is 157 Å². The van der Waals surface area contributed by atoms with Gasteiger partial charge in [-0.25, -0.2) is 9.97 Å². The third-order valence-electron chi connectivity index (χ3n) is 4.85. The highest BCUT2D eigenvalue weighted by Crippen LogP contribution is 2.38. The van der Waals surface area contributed by atoms with Gasteiger partial charge >= 0.3 is 0 Å². The normalized spacial score (nSPS) is 14.0. The lowest BCUT2D eigenvalue weighted by Crippen LogP contribution is -2.06. The van der Waals surface area contributed by atoms with E-state index in [9.17, 15) is 4.79 Å². The molecule has 1 saturated carbocycles. The molecule has 0 atom stereocenters. The number of thioether (sulfide) groups is 1. The third kappa shape index (κ3) is 3.09. The van der Waals surface area contributed by atoms with E-state index in [1.807, 2.05) is 37.4 Å². The van der Waals surface area contributed by atoms with Gasteiger partial charge < -0.3 is 9.88 Å². The van der Waals surface area contributed by atoms with Gasteiger partial charge in [0.15, 0.2) is 10.9 Å². The molecule has 2 aromatic heterocycles. The molecule has 0 radical (unpaired) electrons. The van der Waals surface area contributed by atoms with E-state index in [-0.39, 0.29) is 5.78 Å². The Morgan fingerprint density at radius 2 is 2.04 bits per heavy atom. The molecular formula is C20H22N4OS. The molecule has 1 aliphatic rings. The molecule has 1 aromatic carbocycles. The summed E-state index contributed by atoms with van der Waals surface area (Å²) in [5, 5.41) is 4.72. The molecule has 0 unspecified atom stereocenters. The van der Waals surface area contributed by atoms with Gasteiger partial charge in [0.25, 0.3) is 0 Å². The van der Waals surface area contributed by atoms with Crippen molar-refractivity contribution in [2.24, 2.45) is 0 Å². The zero-order valence-corrected chi connectivity index (χ0v) is 16.1. The number of anilines is 1. The number of benzene rings is 1. The number of carbonyl (C=O) groups excluding carboxylic acids is 1. The summed E-state index contributed by atoms with van der Waals surface area (Å²) in [6.07, 6.45) is 2.44. The van der Waals surface area contributed by atoms with Crippen molar-refractivity contribution in [2.75, 3.05) is 18.1 Å². The van der Waals surface area contributed by atoms with Crippen LogP contribution in [0.15, 0.2) is 35.5 Å². The highest BCUT2D eigenvalue weighted by molar-refractivity contribution is 7.99. The molecular weight excluding hydrogens is 344 g/mol. The number of nitrogens with zero attached hydrogens (tertiary/aromatic N) is 3. The van der Waals surface area contributed by atoms with Crippen molar-refractivity contribution in [3.63, 3.8) is 0 Å². The zero-order chi connectivity index (χ0) is 18.3. The zero-order valence-electron chi connectivity index (χ0n) is 15.2. The Kier molecular flexibility index (Phi) is 4.44. The number of rotatable bonds is 6. The topological polar surface area (TPSA) is 59.8 Å². The first kappa shape index (κ1) is 17.1. The number of fused-ring (bicyclic) bond motifs is 1. The first-order valence-corrected chi connectivity index (χ1v) is 9.86. The number of Topliss-reactive ketones (excluding diaryl/α,β-unsaturated/α-hetero) is 1. The molecule has 1 N–H and O–H groups in total. The SMILES string of the molecule is CNc1nc(SCC(=O)c2cc(C)n(C3CC3)c2C)nc2ccccc12. The van der Waals surface area contributed by atoms with E-state index in [4.69, 9.17) is 0 Å². The smallest absolute Gasteiger partial charge is 0.190 e. The summed E-state index contributed by atoms with van der Waals surface area (Å²) in [5.74, 6) is 1.27. The van der Waals surface area contributed by atoms with Crippen molar-refractivity contribution < 1.29 is 4.79 Å². The molecule has 3 aromatic rings. The van der Waals surface area contributed by atoms with Crippen LogP contribution in [0.2, 0.25) is 0 Å². The van der Waals surface area contributed by atoms with Crippen LogP contribution >= 0.6 is 11.8 Å². The van der Waals surface area contributed by atoms with Crippen LogP contribution in [0.5, 0.6) is 0 Å². The molecule has 0 amide bonds. The number of hydrogen-bond acceptors (Lipinski definition) is 5. The first-order valence-electron chi connectivity index (χ1n) is 8.87. The van der Waals surface area contributed by atoms with Crippen LogP contribution in [0, 0.1) is 13.8 Å². The molecule has 0 saturated heterocycles. The second kappa shape index (κ2) is 6.76. The Hall–Kier alpha value is -2.34. The van der Waals surface area contributed by atoms with E-state index in [1.165, 1.54) is 30.3 Å². The fraction of sp³-hybridized carbons (Fsp3) is 0.350. The predicted molar refractivity (Wildman–Crippen MR) is 106 cm³/mol. The van der Waals surface area contributed by atoms with Crippen molar-refractivity contribution in [1.29, 1.82) is 0 Å². The van der Waals surface area contributed by atoms with Gasteiger partial charge in [0, 0.05) is 35.4 Å². The third-order valence-corrected chi connectivity index (χ3v) is 5.70. The second-order valence-corrected chi connectivity index (χ2v) is 7.66. The van der Waals surface area contributed by atoms with E-state index in [1.54, 1.807) is 0 Å². The van der Waals surface area contributed by atoms with Crippen LogP contribution in [0.4, 0.5) is 5.82 Å². The molecule has 2 heterocycles. The molecule has 26 heavy (non-hydrogen) atoms. The average Bonchev–Trinajstić information content (AvgIpc) is 3.43. The maximum Gasteiger partial charge on any atom is 0.190 e. The highest BCUT2D eigenvalue weighted by atomic mass is 32.2. The number of carbonyl (C=O) groups is 1. The van der Waals surface area contributed by atoms with Gasteiger partial charge in [-0.15, -0.1) is 0 Å². The lowest BCUT2D eigenvalue weighted by atomic mass is 10.2. The van der Waals surface area contributed by atoms with E-state index in [2.05, 4.69) is 33.7 Å². The second-order valence-electron chi connectivity index (χ2n) is 6.72. The minimum absolute atomic E-state index is 0.137. The van der Waals surface area contributed by atoms with Crippen molar-refractivity contribution >= 4 is 34.3 Å². The molecule has 6 heteroatoms. The van der Waals surface area contributed by atoms with Crippen molar-refractivity contribution in [2.45, 2.75) is 37.9 Å². The number of aryl methyl sites for hydroxylation is 1. The summed E-state index contributed by atoms with van der Waals surface area (Å²) in [6.45, 7) is 4.13. The summed E-state index contributed by atoms with van der Waals surface area (Å²) in [4.78, 5) is 21.9. The van der Waals surface area contributed by atoms with Crippen LogP contribution in [0.25, 0.3) is 10.9 Å². The van der Waals surface area contributed by atoms with Crippen LogP contribution in [-0.2, 0) is 0 Å². The number of nitrogens with one attached hydrogen (secondary N) is 1. The molecule has 0 bridgehead atoms. The van der Waals surface area contributed by atoms with Crippen molar-refractivity contribution in [3.8, 4) is 0 Å². The summed E-state index contributed by atoms with van der Waals surface area (Å²) >= 11 is 1.39. The Morgan fingerprint density at radius 1 is 1.27 bits per heavy atom. The van der Waals surface area contributed by atoms with Gasteiger partial charge in [0.05, 0.1) is 11.3 Å². The number of ketones is 1. The van der Waals surface area contributed by atoms with Gasteiger partial charge in [0.1, 0.15) is 5.82 Å². The predicted octanol–water partition coefficient (Wildman–Crippen LogP) is 4.40. The Morgan fingerprint density at radius 3 is 2.77 bits per heavy atom. The van der Waals surface area contributed by atoms with Crippen molar-refractivity contribution in [3.05, 3.63) is 47.3 Å². The fourth-order valence-electron chi connectivity index (χ4n) is 3.47. The summed E-state index contributed by atoms with van der Waals surface area (Å²) in [7, 11) is 1.85. The first-order chi connectivity index (χ1) is 12.6. The average molecular weight is 366 g/mol. The minimum Gasteiger partial charge on any atom is -0.372 e. The van der Waals surface area contributed by atoms with E-state index in [0.717, 1.165) is 28.0 Å². The van der Waals surface area contributed by atoms with Gasteiger partial charge in [-0.1, -0.05) is 23.9 Å². The standard InChI is InChI=1S/C20H22N4OS/c1-12-10-16(13(2)24(12)14-8-9-14)18(25)11-26-20-22-17-7-5-4-6-15(17)19(21-3)23-20/h4-7,10,14H,8-9,11H2,1-3H3,(H,21,22,23). The summed E-state index contributed by atoms with van der Waals surface area (Å²) in [6, 6.07) is 10.5. The van der Waals surface area contributed by atoms with Gasteiger partial charge in [-0.3, -0.25) is 4.79 Å².